The van der Waals surface area contributed by atoms with Crippen LogP contribution in [0.5, 0.6) is 11.5 Å². The van der Waals surface area contributed by atoms with Gasteiger partial charge in [-0.2, -0.15) is 0 Å². The third-order valence-electron chi connectivity index (χ3n) is 8.72. The molecule has 7 heteroatoms. The molecule has 2 aromatic carbocycles. The maximum Gasteiger partial charge on any atom is 0.319 e. The number of nitrogens with one attached hydrogen (secondary N) is 2. The molecule has 0 aromatic heterocycles. The Morgan fingerprint density at radius 1 is 1.00 bits per heavy atom. The van der Waals surface area contributed by atoms with Gasteiger partial charge in [-0.3, -0.25) is 4.90 Å². The first-order valence-corrected chi connectivity index (χ1v) is 13.7. The van der Waals surface area contributed by atoms with Gasteiger partial charge in [0.15, 0.2) is 11.5 Å². The lowest BCUT2D eigenvalue weighted by molar-refractivity contribution is 0.0825. The van der Waals surface area contributed by atoms with Crippen LogP contribution in [0.15, 0.2) is 42.5 Å². The summed E-state index contributed by atoms with van der Waals surface area (Å²) in [5.74, 6) is 1.56. The summed E-state index contributed by atoms with van der Waals surface area (Å²) in [5, 5.41) is 6.83. The molecule has 2 aliphatic carbocycles. The van der Waals surface area contributed by atoms with Gasteiger partial charge in [-0.15, -0.1) is 0 Å². The highest BCUT2D eigenvalue weighted by Gasteiger charge is 2.53. The average molecular weight is 512 g/mol. The summed E-state index contributed by atoms with van der Waals surface area (Å²) >= 11 is 6.09. The lowest BCUT2D eigenvalue weighted by Gasteiger charge is -2.47. The summed E-state index contributed by atoms with van der Waals surface area (Å²) in [6, 6.07) is 14.8. The number of benzene rings is 2. The number of likely N-dealkylation sites (tertiary alicyclic amines) is 1. The number of hydrogen-bond acceptors (Lipinski definition) is 4. The van der Waals surface area contributed by atoms with Gasteiger partial charge in [0, 0.05) is 34.3 Å². The lowest BCUT2D eigenvalue weighted by atomic mass is 9.64. The zero-order chi connectivity index (χ0) is 25.1. The molecule has 3 fully saturated rings. The van der Waals surface area contributed by atoms with E-state index in [0.717, 1.165) is 43.7 Å². The van der Waals surface area contributed by atoms with E-state index < -0.39 is 0 Å². The molecule has 1 heterocycles. The molecule has 194 valence electrons. The minimum Gasteiger partial charge on any atom is -0.493 e. The van der Waals surface area contributed by atoms with Crippen molar-refractivity contribution in [1.29, 1.82) is 0 Å². The van der Waals surface area contributed by atoms with E-state index in [1.807, 2.05) is 18.2 Å². The molecule has 1 aliphatic heterocycles. The van der Waals surface area contributed by atoms with Crippen LogP contribution < -0.4 is 20.1 Å². The molecule has 5 rings (SSSR count). The molecule has 6 nitrogen and oxygen atoms in total. The number of carbonyl (C=O) groups is 1. The minimum absolute atomic E-state index is 0.0681. The van der Waals surface area contributed by atoms with Gasteiger partial charge in [-0.05, 0) is 81.0 Å². The standard InChI is InChI=1S/C29H38ClN3O3/c1-35-25-12-11-20(17-26(25)36-2)29-14-13-23(32-28(34)31-22-8-6-7-21(30)18-22)19-27(29)33(16-15-29)24-9-4-3-5-10-24/h6-8,11-12,17-18,23-24,27H,3-5,9-10,13-16,19H2,1-2H3,(H2,31,32,34)/t23-,27+,29+/m1/s1. The van der Waals surface area contributed by atoms with E-state index in [9.17, 15) is 4.79 Å². The van der Waals surface area contributed by atoms with Gasteiger partial charge >= 0.3 is 6.03 Å². The molecule has 3 atom stereocenters. The Kier molecular flexibility index (Phi) is 7.63. The summed E-state index contributed by atoms with van der Waals surface area (Å²) in [6.45, 7) is 1.12. The van der Waals surface area contributed by atoms with E-state index in [1.165, 1.54) is 37.7 Å². The van der Waals surface area contributed by atoms with Crippen LogP contribution in [0.3, 0.4) is 0 Å². The number of halogens is 1. The summed E-state index contributed by atoms with van der Waals surface area (Å²) in [7, 11) is 3.39. The lowest BCUT2D eigenvalue weighted by Crippen LogP contribution is -2.55. The van der Waals surface area contributed by atoms with Crippen LogP contribution in [0.1, 0.15) is 63.4 Å². The molecule has 2 aromatic rings. The average Bonchev–Trinajstić information content (AvgIpc) is 3.28. The summed E-state index contributed by atoms with van der Waals surface area (Å²) in [5.41, 5.74) is 2.11. The monoisotopic (exact) mass is 511 g/mol. The Bertz CT molecular complexity index is 1070. The van der Waals surface area contributed by atoms with Gasteiger partial charge in [0.1, 0.15) is 0 Å². The van der Waals surface area contributed by atoms with Gasteiger partial charge in [-0.25, -0.2) is 4.79 Å². The molecule has 0 radical (unpaired) electrons. The van der Waals surface area contributed by atoms with Gasteiger partial charge in [0.25, 0.3) is 0 Å². The highest BCUT2D eigenvalue weighted by atomic mass is 35.5. The van der Waals surface area contributed by atoms with E-state index >= 15 is 0 Å². The number of anilines is 1. The number of hydrogen-bond donors (Lipinski definition) is 2. The number of methoxy groups -OCH3 is 2. The van der Waals surface area contributed by atoms with E-state index in [2.05, 4.69) is 27.7 Å². The second-order valence-corrected chi connectivity index (χ2v) is 11.0. The largest absolute Gasteiger partial charge is 0.493 e. The zero-order valence-electron chi connectivity index (χ0n) is 21.4. The Morgan fingerprint density at radius 2 is 1.81 bits per heavy atom. The van der Waals surface area contributed by atoms with Crippen molar-refractivity contribution in [3.05, 3.63) is 53.1 Å². The van der Waals surface area contributed by atoms with E-state index in [0.29, 0.717) is 22.8 Å². The molecule has 36 heavy (non-hydrogen) atoms. The highest BCUT2D eigenvalue weighted by molar-refractivity contribution is 6.30. The first kappa shape index (κ1) is 25.2. The van der Waals surface area contributed by atoms with Crippen molar-refractivity contribution in [2.24, 2.45) is 0 Å². The summed E-state index contributed by atoms with van der Waals surface area (Å²) in [4.78, 5) is 15.7. The second kappa shape index (κ2) is 10.9. The number of urea groups is 1. The first-order valence-electron chi connectivity index (χ1n) is 13.3. The SMILES string of the molecule is COc1ccc([C@@]23CC[C@@H](NC(=O)Nc4cccc(Cl)c4)C[C@@H]2N(C2CCCCC2)CC3)cc1OC. The molecule has 2 amide bonds. The smallest absolute Gasteiger partial charge is 0.319 e. The molecule has 1 saturated heterocycles. The van der Waals surface area contributed by atoms with Crippen LogP contribution in [-0.2, 0) is 5.41 Å². The van der Waals surface area contributed by atoms with Crippen molar-refractivity contribution >= 4 is 23.3 Å². The predicted octanol–water partition coefficient (Wildman–Crippen LogP) is 6.38. The van der Waals surface area contributed by atoms with Crippen molar-refractivity contribution in [3.63, 3.8) is 0 Å². The van der Waals surface area contributed by atoms with Crippen molar-refractivity contribution in [1.82, 2.24) is 10.2 Å². The number of ether oxygens (including phenoxy) is 2. The molecule has 0 bridgehead atoms. The highest BCUT2D eigenvalue weighted by Crippen LogP contribution is 2.51. The maximum absolute atomic E-state index is 12.9. The van der Waals surface area contributed by atoms with Crippen LogP contribution in [0.25, 0.3) is 0 Å². The first-order chi connectivity index (χ1) is 17.5. The molecular weight excluding hydrogens is 474 g/mol. The van der Waals surface area contributed by atoms with Crippen LogP contribution in [0, 0.1) is 0 Å². The molecule has 3 aliphatic rings. The molecule has 0 unspecified atom stereocenters. The van der Waals surface area contributed by atoms with E-state index in [1.54, 1.807) is 26.4 Å². The van der Waals surface area contributed by atoms with Crippen molar-refractivity contribution in [2.75, 3.05) is 26.1 Å². The predicted molar refractivity (Wildman–Crippen MR) is 144 cm³/mol. The summed E-state index contributed by atoms with van der Waals surface area (Å²) < 4.78 is 11.2. The summed E-state index contributed by atoms with van der Waals surface area (Å²) in [6.07, 6.45) is 10.6. The normalized spacial score (nSPS) is 26.8. The minimum atomic E-state index is -0.164. The van der Waals surface area contributed by atoms with Gasteiger partial charge in [-0.1, -0.05) is 43.0 Å². The zero-order valence-corrected chi connectivity index (χ0v) is 22.2. The van der Waals surface area contributed by atoms with Gasteiger partial charge in [0.2, 0.25) is 0 Å². The van der Waals surface area contributed by atoms with Crippen molar-refractivity contribution in [2.45, 2.75) is 81.3 Å². The fraction of sp³-hybridized carbons (Fsp3) is 0.552. The van der Waals surface area contributed by atoms with Crippen LogP contribution in [-0.4, -0.2) is 49.8 Å². The third-order valence-corrected chi connectivity index (χ3v) is 8.96. The van der Waals surface area contributed by atoms with Crippen molar-refractivity contribution in [3.8, 4) is 11.5 Å². The van der Waals surface area contributed by atoms with Crippen LogP contribution >= 0.6 is 11.6 Å². The number of rotatable bonds is 6. The molecule has 0 spiro atoms. The third kappa shape index (κ3) is 5.03. The van der Waals surface area contributed by atoms with E-state index in [4.69, 9.17) is 21.1 Å². The fourth-order valence-corrected chi connectivity index (χ4v) is 7.16. The number of amides is 2. The van der Waals surface area contributed by atoms with Gasteiger partial charge < -0.3 is 20.1 Å². The second-order valence-electron chi connectivity index (χ2n) is 10.6. The molecule has 2 N–H and O–H groups in total. The number of fused-ring (bicyclic) bond motifs is 1. The van der Waals surface area contributed by atoms with Crippen LogP contribution in [0.2, 0.25) is 5.02 Å². The van der Waals surface area contributed by atoms with Crippen molar-refractivity contribution < 1.29 is 14.3 Å². The van der Waals surface area contributed by atoms with Gasteiger partial charge in [0.05, 0.1) is 14.2 Å². The Morgan fingerprint density at radius 3 is 2.56 bits per heavy atom. The quantitative estimate of drug-likeness (QED) is 0.472. The Balaban J connectivity index is 1.37. The Labute approximate surface area is 219 Å². The fourth-order valence-electron chi connectivity index (χ4n) is 6.97. The number of carbonyl (C=O) groups excluding carboxylic acids is 1. The topological polar surface area (TPSA) is 62.8 Å². The maximum atomic E-state index is 12.9. The van der Waals surface area contributed by atoms with E-state index in [-0.39, 0.29) is 17.5 Å². The Hall–Kier alpha value is -2.44. The molecule has 2 saturated carbocycles. The van der Waals surface area contributed by atoms with Crippen LogP contribution in [0.4, 0.5) is 10.5 Å². The number of nitrogens with zero attached hydrogens (tertiary/aromatic N) is 1. The molecular formula is C29H38ClN3O3.